The monoisotopic (exact) mass is 318 g/mol. The van der Waals surface area contributed by atoms with Gasteiger partial charge < -0.3 is 4.90 Å². The van der Waals surface area contributed by atoms with Crippen molar-refractivity contribution in [3.63, 3.8) is 0 Å². The van der Waals surface area contributed by atoms with Gasteiger partial charge in [0.1, 0.15) is 5.82 Å². The normalized spacial score (nSPS) is 18.0. The minimum absolute atomic E-state index is 0.568. The van der Waals surface area contributed by atoms with Gasteiger partial charge in [0, 0.05) is 35.9 Å². The quantitative estimate of drug-likeness (QED) is 0.715. The smallest absolute Gasteiger partial charge is 0.163 e. The number of aromatic nitrogens is 3. The molecule has 1 aliphatic heterocycles. The molecule has 1 saturated heterocycles. The number of benzene rings is 1. The number of hydrogen-bond donors (Lipinski definition) is 0. The lowest BCUT2D eigenvalue weighted by molar-refractivity contribution is 0.448. The van der Waals surface area contributed by atoms with E-state index < -0.39 is 0 Å². The van der Waals surface area contributed by atoms with Gasteiger partial charge in [-0.1, -0.05) is 19.1 Å². The zero-order valence-electron chi connectivity index (χ0n) is 14.0. The second-order valence-electron chi connectivity index (χ2n) is 6.38. The van der Waals surface area contributed by atoms with Crippen LogP contribution in [-0.4, -0.2) is 27.5 Å². The predicted molar refractivity (Wildman–Crippen MR) is 98.0 cm³/mol. The topological polar surface area (TPSA) is 41.9 Å². The van der Waals surface area contributed by atoms with Crippen molar-refractivity contribution in [3.8, 4) is 11.4 Å². The van der Waals surface area contributed by atoms with Crippen molar-refractivity contribution >= 4 is 16.7 Å². The van der Waals surface area contributed by atoms with Gasteiger partial charge in [0.2, 0.25) is 0 Å². The van der Waals surface area contributed by atoms with Gasteiger partial charge in [0.05, 0.1) is 5.52 Å². The van der Waals surface area contributed by atoms with E-state index >= 15 is 0 Å². The van der Waals surface area contributed by atoms with Crippen LogP contribution in [0.15, 0.2) is 48.8 Å². The molecule has 0 amide bonds. The highest BCUT2D eigenvalue weighted by Gasteiger charge is 2.24. The van der Waals surface area contributed by atoms with Gasteiger partial charge in [-0.25, -0.2) is 9.97 Å². The summed E-state index contributed by atoms with van der Waals surface area (Å²) in [5, 5.41) is 1.14. The molecule has 1 aromatic carbocycles. The average molecular weight is 318 g/mol. The van der Waals surface area contributed by atoms with E-state index in [1.165, 1.54) is 19.3 Å². The van der Waals surface area contributed by atoms with Crippen LogP contribution in [0, 0.1) is 0 Å². The zero-order chi connectivity index (χ0) is 16.4. The van der Waals surface area contributed by atoms with Gasteiger partial charge in [0.25, 0.3) is 0 Å². The lowest BCUT2D eigenvalue weighted by Crippen LogP contribution is -2.39. The first-order chi connectivity index (χ1) is 11.9. The van der Waals surface area contributed by atoms with Crippen molar-refractivity contribution in [2.75, 3.05) is 11.4 Å². The summed E-state index contributed by atoms with van der Waals surface area (Å²) in [4.78, 5) is 16.5. The van der Waals surface area contributed by atoms with Crippen LogP contribution in [-0.2, 0) is 0 Å². The minimum atomic E-state index is 0.568. The van der Waals surface area contributed by atoms with E-state index in [1.54, 1.807) is 6.20 Å². The van der Waals surface area contributed by atoms with Crippen LogP contribution in [0.2, 0.25) is 0 Å². The second-order valence-corrected chi connectivity index (χ2v) is 6.38. The third-order valence-electron chi connectivity index (χ3n) is 4.87. The molecule has 1 fully saturated rings. The van der Waals surface area contributed by atoms with E-state index in [0.29, 0.717) is 6.04 Å². The lowest BCUT2D eigenvalue weighted by atomic mass is 9.99. The molecule has 4 rings (SSSR count). The molecule has 0 saturated carbocycles. The van der Waals surface area contributed by atoms with Gasteiger partial charge in [-0.05, 0) is 49.9 Å². The molecule has 0 bridgehead atoms. The van der Waals surface area contributed by atoms with Crippen LogP contribution in [0.4, 0.5) is 5.82 Å². The number of nitrogens with zero attached hydrogens (tertiary/aromatic N) is 4. The van der Waals surface area contributed by atoms with E-state index in [-0.39, 0.29) is 0 Å². The number of rotatable bonds is 3. The summed E-state index contributed by atoms with van der Waals surface area (Å²) in [7, 11) is 0. The number of anilines is 1. The van der Waals surface area contributed by atoms with E-state index in [9.17, 15) is 0 Å². The van der Waals surface area contributed by atoms with E-state index in [0.717, 1.165) is 41.1 Å². The van der Waals surface area contributed by atoms with Gasteiger partial charge in [-0.3, -0.25) is 4.98 Å². The number of hydrogen-bond acceptors (Lipinski definition) is 4. The molecule has 3 heterocycles. The zero-order valence-corrected chi connectivity index (χ0v) is 14.0. The molecule has 1 atom stereocenters. The van der Waals surface area contributed by atoms with Crippen molar-refractivity contribution in [2.45, 2.75) is 38.6 Å². The molecule has 0 N–H and O–H groups in total. The fourth-order valence-corrected chi connectivity index (χ4v) is 3.61. The molecule has 4 heteroatoms. The number of piperidine rings is 1. The summed E-state index contributed by atoms with van der Waals surface area (Å²) in [6.45, 7) is 3.35. The Kier molecular flexibility index (Phi) is 4.11. The Morgan fingerprint density at radius 1 is 1.08 bits per heavy atom. The van der Waals surface area contributed by atoms with Gasteiger partial charge in [0.15, 0.2) is 5.82 Å². The molecule has 0 aliphatic carbocycles. The maximum atomic E-state index is 4.97. The molecule has 1 unspecified atom stereocenters. The van der Waals surface area contributed by atoms with Gasteiger partial charge >= 0.3 is 0 Å². The summed E-state index contributed by atoms with van der Waals surface area (Å²) in [5.41, 5.74) is 1.97. The number of fused-ring (bicyclic) bond motifs is 1. The van der Waals surface area contributed by atoms with Crippen LogP contribution in [0.1, 0.15) is 32.6 Å². The molecule has 4 nitrogen and oxygen atoms in total. The predicted octanol–water partition coefficient (Wildman–Crippen LogP) is 4.46. The summed E-state index contributed by atoms with van der Waals surface area (Å²) in [6.07, 6.45) is 8.56. The first-order valence-electron chi connectivity index (χ1n) is 8.80. The molecule has 2 aromatic heterocycles. The van der Waals surface area contributed by atoms with Crippen molar-refractivity contribution in [1.82, 2.24) is 15.0 Å². The second kappa shape index (κ2) is 6.56. The third kappa shape index (κ3) is 2.73. The Morgan fingerprint density at radius 2 is 2.00 bits per heavy atom. The highest BCUT2D eigenvalue weighted by molar-refractivity contribution is 5.91. The highest BCUT2D eigenvalue weighted by Crippen LogP contribution is 2.32. The molecular formula is C20H22N4. The Bertz CT molecular complexity index is 831. The Morgan fingerprint density at radius 3 is 2.83 bits per heavy atom. The molecular weight excluding hydrogens is 296 g/mol. The van der Waals surface area contributed by atoms with Crippen molar-refractivity contribution in [2.24, 2.45) is 0 Å². The summed E-state index contributed by atoms with van der Waals surface area (Å²) < 4.78 is 0. The Labute approximate surface area is 142 Å². The van der Waals surface area contributed by atoms with Crippen LogP contribution >= 0.6 is 0 Å². The lowest BCUT2D eigenvalue weighted by Gasteiger charge is -2.37. The fraction of sp³-hybridized carbons (Fsp3) is 0.350. The molecule has 0 spiro atoms. The largest absolute Gasteiger partial charge is 0.353 e. The standard InChI is InChI=1S/C20H22N4/c1-2-16-9-5-6-13-24(16)20-17-10-3-4-11-18(17)22-19(23-20)15-8-7-12-21-14-15/h3-4,7-8,10-12,14,16H,2,5-6,9,13H2,1H3. The Hall–Kier alpha value is -2.49. The third-order valence-corrected chi connectivity index (χ3v) is 4.87. The van der Waals surface area contributed by atoms with Gasteiger partial charge in [-0.15, -0.1) is 0 Å². The van der Waals surface area contributed by atoms with E-state index in [1.807, 2.05) is 24.4 Å². The Balaban J connectivity index is 1.89. The maximum absolute atomic E-state index is 4.97. The van der Waals surface area contributed by atoms with E-state index in [4.69, 9.17) is 9.97 Å². The maximum Gasteiger partial charge on any atom is 0.163 e. The first kappa shape index (κ1) is 15.1. The summed E-state index contributed by atoms with van der Waals surface area (Å²) in [6, 6.07) is 12.9. The van der Waals surface area contributed by atoms with Crippen LogP contribution in [0.3, 0.4) is 0 Å². The summed E-state index contributed by atoms with van der Waals surface area (Å²) >= 11 is 0. The van der Waals surface area contributed by atoms with Crippen molar-refractivity contribution in [1.29, 1.82) is 0 Å². The molecule has 0 radical (unpaired) electrons. The number of para-hydroxylation sites is 1. The molecule has 1 aliphatic rings. The first-order valence-corrected chi connectivity index (χ1v) is 8.80. The van der Waals surface area contributed by atoms with Crippen molar-refractivity contribution < 1.29 is 0 Å². The molecule has 24 heavy (non-hydrogen) atoms. The summed E-state index contributed by atoms with van der Waals surface area (Å²) in [5.74, 6) is 1.84. The number of pyridine rings is 1. The molecule has 122 valence electrons. The SMILES string of the molecule is CCC1CCCCN1c1nc(-c2cccnc2)nc2ccccc12. The minimum Gasteiger partial charge on any atom is -0.353 e. The van der Waals surface area contributed by atoms with Gasteiger partial charge in [-0.2, -0.15) is 0 Å². The molecule has 3 aromatic rings. The fourth-order valence-electron chi connectivity index (χ4n) is 3.61. The van der Waals surface area contributed by atoms with E-state index in [2.05, 4.69) is 35.0 Å². The van der Waals surface area contributed by atoms with Crippen LogP contribution in [0.25, 0.3) is 22.3 Å². The highest BCUT2D eigenvalue weighted by atomic mass is 15.2. The van der Waals surface area contributed by atoms with Crippen LogP contribution in [0.5, 0.6) is 0 Å². The van der Waals surface area contributed by atoms with Crippen LogP contribution < -0.4 is 4.90 Å². The van der Waals surface area contributed by atoms with Crippen molar-refractivity contribution in [3.05, 3.63) is 48.8 Å². The average Bonchev–Trinajstić information content (AvgIpc) is 2.68.